The normalized spacial score (nSPS) is 10.8. The van der Waals surface area contributed by atoms with Gasteiger partial charge in [-0.25, -0.2) is 0 Å². The second kappa shape index (κ2) is 3.30. The van der Waals surface area contributed by atoms with Gasteiger partial charge in [-0.1, -0.05) is 5.16 Å². The molecule has 3 aromatic heterocycles. The van der Waals surface area contributed by atoms with Gasteiger partial charge in [0.1, 0.15) is 11.8 Å². The van der Waals surface area contributed by atoms with Crippen LogP contribution in [0.25, 0.3) is 22.1 Å². The van der Waals surface area contributed by atoms with Crippen molar-refractivity contribution in [2.45, 2.75) is 0 Å². The van der Waals surface area contributed by atoms with Crippen molar-refractivity contribution in [3.63, 3.8) is 0 Å². The first-order chi connectivity index (χ1) is 7.88. The lowest BCUT2D eigenvalue weighted by Crippen LogP contribution is -1.77. The third-order valence-corrected chi connectivity index (χ3v) is 2.30. The van der Waals surface area contributed by atoms with Gasteiger partial charge < -0.3 is 8.94 Å². The summed E-state index contributed by atoms with van der Waals surface area (Å²) in [7, 11) is 0. The van der Waals surface area contributed by atoms with Gasteiger partial charge in [-0.2, -0.15) is 0 Å². The highest BCUT2D eigenvalue weighted by atomic mass is 16.5. The molecule has 0 saturated heterocycles. The maximum absolute atomic E-state index is 10.6. The molecule has 16 heavy (non-hydrogen) atoms. The molecule has 0 aliphatic rings. The quantitative estimate of drug-likeness (QED) is 0.612. The van der Waals surface area contributed by atoms with Gasteiger partial charge in [-0.3, -0.25) is 9.78 Å². The van der Waals surface area contributed by atoms with Crippen molar-refractivity contribution in [1.82, 2.24) is 10.1 Å². The van der Waals surface area contributed by atoms with Gasteiger partial charge in [0, 0.05) is 28.9 Å². The van der Waals surface area contributed by atoms with Crippen molar-refractivity contribution in [2.75, 3.05) is 0 Å². The third kappa shape index (κ3) is 1.22. The Morgan fingerprint density at radius 1 is 1.25 bits per heavy atom. The Morgan fingerprint density at radius 3 is 2.94 bits per heavy atom. The molecule has 5 nitrogen and oxygen atoms in total. The van der Waals surface area contributed by atoms with Crippen molar-refractivity contribution in [3.8, 4) is 11.1 Å². The number of rotatable bonds is 2. The molecule has 3 heterocycles. The van der Waals surface area contributed by atoms with E-state index in [0.29, 0.717) is 11.9 Å². The van der Waals surface area contributed by atoms with Crippen molar-refractivity contribution in [3.05, 3.63) is 36.7 Å². The monoisotopic (exact) mass is 214 g/mol. The summed E-state index contributed by atoms with van der Waals surface area (Å²) in [6, 6.07) is 1.65. The molecule has 0 atom stereocenters. The minimum absolute atomic E-state index is 0.278. The van der Waals surface area contributed by atoms with E-state index in [0.717, 1.165) is 16.5 Å². The summed E-state index contributed by atoms with van der Waals surface area (Å²) >= 11 is 0. The molecular weight excluding hydrogens is 208 g/mol. The fourth-order valence-corrected chi connectivity index (χ4v) is 1.58. The van der Waals surface area contributed by atoms with Crippen LogP contribution < -0.4 is 0 Å². The number of furan rings is 1. The minimum Gasteiger partial charge on any atom is -0.452 e. The minimum atomic E-state index is 0.278. The number of carbonyl (C=O) groups is 1. The van der Waals surface area contributed by atoms with Gasteiger partial charge in [0.05, 0.1) is 6.20 Å². The molecule has 0 aliphatic heterocycles. The molecule has 0 spiro atoms. The highest BCUT2D eigenvalue weighted by molar-refractivity contribution is 5.94. The van der Waals surface area contributed by atoms with E-state index in [1.54, 1.807) is 24.7 Å². The van der Waals surface area contributed by atoms with Gasteiger partial charge in [0.25, 0.3) is 0 Å². The SMILES string of the molecule is O=Cc1cc2cncc(-c3cnoc3)c2o1. The summed E-state index contributed by atoms with van der Waals surface area (Å²) in [5.41, 5.74) is 2.14. The van der Waals surface area contributed by atoms with Crippen LogP contribution in [0.3, 0.4) is 0 Å². The van der Waals surface area contributed by atoms with Crippen LogP contribution in [0.5, 0.6) is 0 Å². The second-order valence-electron chi connectivity index (χ2n) is 3.29. The van der Waals surface area contributed by atoms with Gasteiger partial charge in [-0.15, -0.1) is 0 Å². The van der Waals surface area contributed by atoms with Crippen LogP contribution >= 0.6 is 0 Å². The van der Waals surface area contributed by atoms with E-state index in [4.69, 9.17) is 8.94 Å². The number of hydrogen-bond acceptors (Lipinski definition) is 5. The Kier molecular flexibility index (Phi) is 1.83. The third-order valence-electron chi connectivity index (χ3n) is 2.30. The Morgan fingerprint density at radius 2 is 2.19 bits per heavy atom. The molecule has 78 valence electrons. The predicted octanol–water partition coefficient (Wildman–Crippen LogP) is 2.30. The van der Waals surface area contributed by atoms with E-state index in [-0.39, 0.29) is 5.76 Å². The van der Waals surface area contributed by atoms with Crippen molar-refractivity contribution >= 4 is 17.3 Å². The van der Waals surface area contributed by atoms with E-state index < -0.39 is 0 Å². The zero-order valence-corrected chi connectivity index (χ0v) is 8.08. The lowest BCUT2D eigenvalue weighted by atomic mass is 10.1. The lowest BCUT2D eigenvalue weighted by molar-refractivity contribution is 0.110. The van der Waals surface area contributed by atoms with Crippen LogP contribution in [-0.2, 0) is 0 Å². The molecule has 5 heteroatoms. The molecule has 0 aliphatic carbocycles. The van der Waals surface area contributed by atoms with Crippen molar-refractivity contribution in [2.24, 2.45) is 0 Å². The highest BCUT2D eigenvalue weighted by Gasteiger charge is 2.11. The zero-order chi connectivity index (χ0) is 11.0. The molecule has 0 fully saturated rings. The molecule has 0 radical (unpaired) electrons. The van der Waals surface area contributed by atoms with E-state index in [9.17, 15) is 4.79 Å². The Hall–Kier alpha value is -2.43. The van der Waals surface area contributed by atoms with Crippen LogP contribution in [0.2, 0.25) is 0 Å². The average molecular weight is 214 g/mol. The fraction of sp³-hybridized carbons (Fsp3) is 0. The summed E-state index contributed by atoms with van der Waals surface area (Å²) in [5, 5.41) is 4.40. The van der Waals surface area contributed by atoms with E-state index in [1.807, 2.05) is 0 Å². The van der Waals surface area contributed by atoms with E-state index in [1.165, 1.54) is 6.26 Å². The average Bonchev–Trinajstić information content (AvgIpc) is 2.97. The Bertz CT molecular complexity index is 640. The standard InChI is InChI=1S/C11H6N2O3/c14-5-9-1-7-2-12-4-10(11(7)16-9)8-3-13-15-6-8/h1-6H. The number of nitrogens with zero attached hydrogens (tertiary/aromatic N) is 2. The van der Waals surface area contributed by atoms with Crippen LogP contribution in [-0.4, -0.2) is 16.4 Å². The molecule has 0 bridgehead atoms. The van der Waals surface area contributed by atoms with E-state index >= 15 is 0 Å². The summed E-state index contributed by atoms with van der Waals surface area (Å²) in [6.45, 7) is 0. The smallest absolute Gasteiger partial charge is 0.185 e. The summed E-state index contributed by atoms with van der Waals surface area (Å²) < 4.78 is 10.2. The first-order valence-corrected chi connectivity index (χ1v) is 4.61. The number of pyridine rings is 1. The summed E-state index contributed by atoms with van der Waals surface area (Å²) in [4.78, 5) is 14.7. The van der Waals surface area contributed by atoms with Crippen LogP contribution in [0.4, 0.5) is 0 Å². The first kappa shape index (κ1) is 8.84. The molecule has 0 unspecified atom stereocenters. The molecule has 3 aromatic rings. The van der Waals surface area contributed by atoms with E-state index in [2.05, 4.69) is 10.1 Å². The number of aromatic nitrogens is 2. The summed E-state index contributed by atoms with van der Waals surface area (Å²) in [6.07, 6.45) is 7.02. The Labute approximate surface area is 89.7 Å². The van der Waals surface area contributed by atoms with Crippen LogP contribution in [0, 0.1) is 0 Å². The largest absolute Gasteiger partial charge is 0.452 e. The molecular formula is C11H6N2O3. The van der Waals surface area contributed by atoms with Gasteiger partial charge in [-0.05, 0) is 6.07 Å². The topological polar surface area (TPSA) is 69.1 Å². The number of aldehydes is 1. The first-order valence-electron chi connectivity index (χ1n) is 4.61. The van der Waals surface area contributed by atoms with Gasteiger partial charge in [0.15, 0.2) is 12.0 Å². The highest BCUT2D eigenvalue weighted by Crippen LogP contribution is 2.29. The van der Waals surface area contributed by atoms with Crippen LogP contribution in [0.1, 0.15) is 10.6 Å². The number of carbonyl (C=O) groups excluding carboxylic acids is 1. The van der Waals surface area contributed by atoms with Crippen LogP contribution in [0.15, 0.2) is 39.9 Å². The zero-order valence-electron chi connectivity index (χ0n) is 8.08. The lowest BCUT2D eigenvalue weighted by Gasteiger charge is -1.95. The second-order valence-corrected chi connectivity index (χ2v) is 3.29. The van der Waals surface area contributed by atoms with Crippen molar-refractivity contribution < 1.29 is 13.7 Å². The number of hydrogen-bond donors (Lipinski definition) is 0. The maximum atomic E-state index is 10.6. The van der Waals surface area contributed by atoms with Gasteiger partial charge in [0.2, 0.25) is 0 Å². The fourth-order valence-electron chi connectivity index (χ4n) is 1.58. The molecule has 0 N–H and O–H groups in total. The number of fused-ring (bicyclic) bond motifs is 1. The van der Waals surface area contributed by atoms with Crippen molar-refractivity contribution in [1.29, 1.82) is 0 Å². The molecule has 0 aromatic carbocycles. The predicted molar refractivity (Wildman–Crippen MR) is 54.9 cm³/mol. The molecule has 3 rings (SSSR count). The maximum Gasteiger partial charge on any atom is 0.185 e. The Balaban J connectivity index is 2.32. The summed E-state index contributed by atoms with van der Waals surface area (Å²) in [5.74, 6) is 0.278. The van der Waals surface area contributed by atoms with Gasteiger partial charge >= 0.3 is 0 Å². The molecule has 0 saturated carbocycles. The molecule has 0 amide bonds.